The molecule has 1 unspecified atom stereocenters. The van der Waals surface area contributed by atoms with Crippen LogP contribution in [0.2, 0.25) is 0 Å². The molecule has 1 atom stereocenters. The number of hydrogen-bond acceptors (Lipinski definition) is 4. The SMILES string of the molecule is COc1cc(C)c2c(c1C(C)C)C(CN)N(CCCCCO)C2. The molecule has 23 heavy (non-hydrogen) atoms. The van der Waals surface area contributed by atoms with E-state index in [1.165, 1.54) is 22.3 Å². The maximum Gasteiger partial charge on any atom is 0.122 e. The zero-order chi connectivity index (χ0) is 17.0. The maximum atomic E-state index is 8.94. The molecule has 0 amide bonds. The van der Waals surface area contributed by atoms with Crippen LogP contribution in [0.1, 0.15) is 67.3 Å². The number of ether oxygens (including phenoxy) is 1. The molecule has 0 aromatic heterocycles. The van der Waals surface area contributed by atoms with Crippen molar-refractivity contribution in [3.63, 3.8) is 0 Å². The first-order valence-electron chi connectivity index (χ1n) is 8.80. The molecule has 0 radical (unpaired) electrons. The molecular formula is C19H32N2O2. The Kier molecular flexibility index (Phi) is 6.45. The lowest BCUT2D eigenvalue weighted by Gasteiger charge is -2.26. The summed E-state index contributed by atoms with van der Waals surface area (Å²) in [7, 11) is 1.76. The number of aliphatic hydroxyl groups is 1. The highest BCUT2D eigenvalue weighted by molar-refractivity contribution is 5.54. The average molecular weight is 320 g/mol. The monoisotopic (exact) mass is 320 g/mol. The van der Waals surface area contributed by atoms with Gasteiger partial charge in [0, 0.05) is 31.3 Å². The van der Waals surface area contributed by atoms with Crippen LogP contribution in [0, 0.1) is 6.92 Å². The van der Waals surface area contributed by atoms with Crippen molar-refractivity contribution >= 4 is 0 Å². The first-order valence-corrected chi connectivity index (χ1v) is 8.80. The van der Waals surface area contributed by atoms with Gasteiger partial charge >= 0.3 is 0 Å². The van der Waals surface area contributed by atoms with Gasteiger partial charge in [-0.2, -0.15) is 0 Å². The maximum absolute atomic E-state index is 8.94. The third-order valence-electron chi connectivity index (χ3n) is 4.96. The van der Waals surface area contributed by atoms with Crippen molar-refractivity contribution in [2.45, 2.75) is 58.5 Å². The lowest BCUT2D eigenvalue weighted by atomic mass is 9.88. The number of nitrogens with two attached hydrogens (primary N) is 1. The third kappa shape index (κ3) is 3.70. The number of fused-ring (bicyclic) bond motifs is 1. The molecule has 3 N–H and O–H groups in total. The van der Waals surface area contributed by atoms with Crippen molar-refractivity contribution in [1.82, 2.24) is 4.90 Å². The summed E-state index contributed by atoms with van der Waals surface area (Å²) in [4.78, 5) is 2.50. The largest absolute Gasteiger partial charge is 0.496 e. The zero-order valence-corrected chi connectivity index (χ0v) is 15.1. The topological polar surface area (TPSA) is 58.7 Å². The summed E-state index contributed by atoms with van der Waals surface area (Å²) >= 11 is 0. The number of benzene rings is 1. The highest BCUT2D eigenvalue weighted by Gasteiger charge is 2.34. The Balaban J connectivity index is 2.32. The standard InChI is InChI=1S/C19H32N2O2/c1-13(2)18-17(23-4)10-14(3)15-12-21(8-6-5-7-9-22)16(11-20)19(15)18/h10,13,16,22H,5-9,11-12,20H2,1-4H3. The number of rotatable bonds is 8. The Morgan fingerprint density at radius 1 is 1.35 bits per heavy atom. The minimum Gasteiger partial charge on any atom is -0.496 e. The molecule has 1 aromatic rings. The molecule has 0 saturated heterocycles. The summed E-state index contributed by atoms with van der Waals surface area (Å²) in [5.41, 5.74) is 11.6. The van der Waals surface area contributed by atoms with Crippen LogP contribution < -0.4 is 10.5 Å². The number of nitrogens with zero attached hydrogens (tertiary/aromatic N) is 1. The molecule has 0 aliphatic carbocycles. The molecule has 1 aromatic carbocycles. The fraction of sp³-hybridized carbons (Fsp3) is 0.684. The predicted molar refractivity (Wildman–Crippen MR) is 95.0 cm³/mol. The lowest BCUT2D eigenvalue weighted by Crippen LogP contribution is -2.29. The molecule has 0 saturated carbocycles. The van der Waals surface area contributed by atoms with E-state index in [4.69, 9.17) is 15.6 Å². The van der Waals surface area contributed by atoms with E-state index in [9.17, 15) is 0 Å². The smallest absolute Gasteiger partial charge is 0.122 e. The van der Waals surface area contributed by atoms with E-state index in [1.54, 1.807) is 7.11 Å². The molecule has 130 valence electrons. The van der Waals surface area contributed by atoms with Gasteiger partial charge in [0.05, 0.1) is 7.11 Å². The Labute approximate surface area is 140 Å². The van der Waals surface area contributed by atoms with Crippen LogP contribution in [0.25, 0.3) is 0 Å². The first kappa shape index (κ1) is 18.2. The fourth-order valence-electron chi connectivity index (χ4n) is 3.83. The van der Waals surface area contributed by atoms with Crippen molar-refractivity contribution in [2.75, 3.05) is 26.8 Å². The quantitative estimate of drug-likeness (QED) is 0.723. The number of unbranched alkanes of at least 4 members (excludes halogenated alkanes) is 2. The van der Waals surface area contributed by atoms with Crippen LogP contribution in [0.5, 0.6) is 5.75 Å². The predicted octanol–water partition coefficient (Wildman–Crippen LogP) is 3.11. The summed E-state index contributed by atoms with van der Waals surface area (Å²) in [5, 5.41) is 8.94. The van der Waals surface area contributed by atoms with Gasteiger partial charge in [0.1, 0.15) is 5.75 Å². The van der Waals surface area contributed by atoms with Gasteiger partial charge in [-0.15, -0.1) is 0 Å². The van der Waals surface area contributed by atoms with Gasteiger partial charge in [-0.1, -0.05) is 13.8 Å². The minimum absolute atomic E-state index is 0.283. The second-order valence-electron chi connectivity index (χ2n) is 6.86. The van der Waals surface area contributed by atoms with Gasteiger partial charge in [-0.25, -0.2) is 0 Å². The van der Waals surface area contributed by atoms with E-state index in [0.29, 0.717) is 12.5 Å². The van der Waals surface area contributed by atoms with E-state index < -0.39 is 0 Å². The van der Waals surface area contributed by atoms with Crippen molar-refractivity contribution < 1.29 is 9.84 Å². The molecule has 2 rings (SSSR count). The summed E-state index contributed by atoms with van der Waals surface area (Å²) in [6, 6.07) is 2.46. The minimum atomic E-state index is 0.283. The van der Waals surface area contributed by atoms with Crippen LogP contribution >= 0.6 is 0 Å². The molecule has 0 spiro atoms. The van der Waals surface area contributed by atoms with Crippen LogP contribution in [0.4, 0.5) is 0 Å². The summed E-state index contributed by atoms with van der Waals surface area (Å²) < 4.78 is 5.67. The number of aryl methyl sites for hydroxylation is 1. The molecule has 0 fully saturated rings. The van der Waals surface area contributed by atoms with E-state index in [2.05, 4.69) is 31.7 Å². The second kappa shape index (κ2) is 8.13. The summed E-state index contributed by atoms with van der Waals surface area (Å²) in [6.07, 6.45) is 3.07. The van der Waals surface area contributed by atoms with Crippen LogP contribution in [0.3, 0.4) is 0 Å². The first-order chi connectivity index (χ1) is 11.0. The van der Waals surface area contributed by atoms with Crippen molar-refractivity contribution in [2.24, 2.45) is 5.73 Å². The van der Waals surface area contributed by atoms with Crippen LogP contribution in [-0.4, -0.2) is 36.8 Å². The molecular weight excluding hydrogens is 288 g/mol. The van der Waals surface area contributed by atoms with E-state index in [1.807, 2.05) is 0 Å². The number of aliphatic hydroxyl groups excluding tert-OH is 1. The van der Waals surface area contributed by atoms with Crippen LogP contribution in [-0.2, 0) is 6.54 Å². The number of hydrogen-bond donors (Lipinski definition) is 2. The Bertz CT molecular complexity index is 529. The fourth-order valence-corrected chi connectivity index (χ4v) is 3.83. The average Bonchev–Trinajstić information content (AvgIpc) is 2.89. The molecule has 1 heterocycles. The van der Waals surface area contributed by atoms with E-state index >= 15 is 0 Å². The molecule has 1 aliphatic heterocycles. The van der Waals surface area contributed by atoms with E-state index in [-0.39, 0.29) is 12.6 Å². The van der Waals surface area contributed by atoms with Gasteiger partial charge in [-0.3, -0.25) is 4.90 Å². The van der Waals surface area contributed by atoms with Crippen LogP contribution in [0.15, 0.2) is 6.07 Å². The van der Waals surface area contributed by atoms with Crippen molar-refractivity contribution in [3.05, 3.63) is 28.3 Å². The zero-order valence-electron chi connectivity index (χ0n) is 15.1. The highest BCUT2D eigenvalue weighted by Crippen LogP contribution is 2.44. The van der Waals surface area contributed by atoms with Gasteiger partial charge in [0.25, 0.3) is 0 Å². The van der Waals surface area contributed by atoms with Crippen molar-refractivity contribution in [1.29, 1.82) is 0 Å². The van der Waals surface area contributed by atoms with Gasteiger partial charge < -0.3 is 15.6 Å². The van der Waals surface area contributed by atoms with Gasteiger partial charge in [-0.05, 0) is 61.4 Å². The second-order valence-corrected chi connectivity index (χ2v) is 6.86. The third-order valence-corrected chi connectivity index (χ3v) is 4.96. The van der Waals surface area contributed by atoms with Crippen molar-refractivity contribution in [3.8, 4) is 5.75 Å². The molecule has 4 nitrogen and oxygen atoms in total. The van der Waals surface area contributed by atoms with Gasteiger partial charge in [0.2, 0.25) is 0 Å². The Hall–Kier alpha value is -1.10. The highest BCUT2D eigenvalue weighted by atomic mass is 16.5. The normalized spacial score (nSPS) is 17.8. The summed E-state index contributed by atoms with van der Waals surface area (Å²) in [5.74, 6) is 1.42. The summed E-state index contributed by atoms with van der Waals surface area (Å²) in [6.45, 7) is 9.57. The lowest BCUT2D eigenvalue weighted by molar-refractivity contribution is 0.209. The molecule has 4 heteroatoms. The molecule has 1 aliphatic rings. The van der Waals surface area contributed by atoms with E-state index in [0.717, 1.165) is 38.1 Å². The number of methoxy groups -OCH3 is 1. The van der Waals surface area contributed by atoms with Gasteiger partial charge in [0.15, 0.2) is 0 Å². The Morgan fingerprint density at radius 3 is 2.65 bits per heavy atom. The molecule has 0 bridgehead atoms. The Morgan fingerprint density at radius 2 is 2.09 bits per heavy atom.